The van der Waals surface area contributed by atoms with Crippen LogP contribution in [-0.2, 0) is 20.0 Å². The van der Waals surface area contributed by atoms with E-state index in [2.05, 4.69) is 9.82 Å². The largest absolute Gasteiger partial charge is 0.284 e. The van der Waals surface area contributed by atoms with Crippen LogP contribution in [0.3, 0.4) is 0 Å². The second-order valence-corrected chi connectivity index (χ2v) is 11.3. The predicted molar refractivity (Wildman–Crippen MR) is 125 cm³/mol. The van der Waals surface area contributed by atoms with Crippen LogP contribution in [0.15, 0.2) is 88.9 Å². The lowest BCUT2D eigenvalue weighted by Crippen LogP contribution is -2.27. The van der Waals surface area contributed by atoms with E-state index >= 15 is 0 Å². The predicted octanol–water partition coefficient (Wildman–Crippen LogP) is 4.13. The average molecular weight is 488 g/mol. The second kappa shape index (κ2) is 8.95. The van der Waals surface area contributed by atoms with Crippen LogP contribution in [0.5, 0.6) is 0 Å². The van der Waals surface area contributed by atoms with Gasteiger partial charge in [0.15, 0.2) is 0 Å². The van der Waals surface area contributed by atoms with E-state index < -0.39 is 31.9 Å². The summed E-state index contributed by atoms with van der Waals surface area (Å²) in [6, 6.07) is 19.6. The fraction of sp³-hybridized carbons (Fsp3) is 0.174. The maximum Gasteiger partial charge on any atom is 0.279 e. The number of hydrogen-bond acceptors (Lipinski definition) is 5. The SMILES string of the molecule is CCS(=O)(=O)Nc1cccc(C2=NN(S(=O)(=O)c3ccccc3)[C@H](c3ccc(F)cc3)C2)c1. The van der Waals surface area contributed by atoms with E-state index in [0.29, 0.717) is 22.5 Å². The normalized spacial score (nSPS) is 16.5. The first-order valence-electron chi connectivity index (χ1n) is 10.2. The fourth-order valence-corrected chi connectivity index (χ4v) is 5.62. The number of anilines is 1. The molecule has 3 aromatic rings. The van der Waals surface area contributed by atoms with Crippen molar-refractivity contribution in [3.63, 3.8) is 0 Å². The third kappa shape index (κ3) is 4.91. The molecule has 0 radical (unpaired) electrons. The highest BCUT2D eigenvalue weighted by Crippen LogP contribution is 2.37. The van der Waals surface area contributed by atoms with Crippen LogP contribution in [-0.4, -0.2) is 32.7 Å². The summed E-state index contributed by atoms with van der Waals surface area (Å²) in [5.74, 6) is -0.500. The first-order chi connectivity index (χ1) is 15.7. The number of hydrogen-bond donors (Lipinski definition) is 1. The van der Waals surface area contributed by atoms with Gasteiger partial charge in [0.05, 0.1) is 22.4 Å². The Morgan fingerprint density at radius 3 is 2.33 bits per heavy atom. The van der Waals surface area contributed by atoms with Gasteiger partial charge in [-0.2, -0.15) is 17.9 Å². The van der Waals surface area contributed by atoms with Gasteiger partial charge in [-0.25, -0.2) is 12.8 Å². The molecule has 1 aliphatic heterocycles. The van der Waals surface area contributed by atoms with E-state index in [1.165, 1.54) is 43.3 Å². The number of rotatable bonds is 7. The molecule has 0 fully saturated rings. The minimum atomic E-state index is -3.99. The summed E-state index contributed by atoms with van der Waals surface area (Å²) in [7, 11) is -7.46. The van der Waals surface area contributed by atoms with Crippen molar-refractivity contribution in [3.05, 3.63) is 95.8 Å². The van der Waals surface area contributed by atoms with Gasteiger partial charge in [0.25, 0.3) is 10.0 Å². The van der Waals surface area contributed by atoms with Gasteiger partial charge in [-0.15, -0.1) is 0 Å². The van der Waals surface area contributed by atoms with Crippen LogP contribution in [0.4, 0.5) is 10.1 Å². The topological polar surface area (TPSA) is 95.9 Å². The van der Waals surface area contributed by atoms with Gasteiger partial charge in [0.2, 0.25) is 10.0 Å². The molecule has 0 unspecified atom stereocenters. The van der Waals surface area contributed by atoms with E-state index in [0.717, 1.165) is 4.41 Å². The number of nitrogens with one attached hydrogen (secondary N) is 1. The van der Waals surface area contributed by atoms with E-state index in [4.69, 9.17) is 0 Å². The molecule has 0 amide bonds. The van der Waals surface area contributed by atoms with Crippen LogP contribution in [0.1, 0.15) is 30.5 Å². The van der Waals surface area contributed by atoms with Crippen molar-refractivity contribution < 1.29 is 21.2 Å². The van der Waals surface area contributed by atoms with E-state index in [9.17, 15) is 21.2 Å². The zero-order chi connectivity index (χ0) is 23.6. The summed E-state index contributed by atoms with van der Waals surface area (Å²) >= 11 is 0. The molecule has 0 saturated carbocycles. The van der Waals surface area contributed by atoms with Crippen molar-refractivity contribution in [1.82, 2.24) is 4.41 Å². The summed E-state index contributed by atoms with van der Waals surface area (Å²) in [5.41, 5.74) is 2.02. The van der Waals surface area contributed by atoms with Crippen LogP contribution >= 0.6 is 0 Å². The molecule has 0 spiro atoms. The Labute approximate surface area is 192 Å². The first-order valence-corrected chi connectivity index (χ1v) is 13.3. The number of halogens is 1. The Hall–Kier alpha value is -3.24. The molecular formula is C23H22FN3O4S2. The molecule has 33 heavy (non-hydrogen) atoms. The second-order valence-electron chi connectivity index (χ2n) is 7.50. The summed E-state index contributed by atoms with van der Waals surface area (Å²) in [6.45, 7) is 1.53. The highest BCUT2D eigenvalue weighted by atomic mass is 32.2. The van der Waals surface area contributed by atoms with Gasteiger partial charge in [0, 0.05) is 12.1 Å². The molecular weight excluding hydrogens is 465 g/mol. The number of nitrogens with zero attached hydrogens (tertiary/aromatic N) is 2. The highest BCUT2D eigenvalue weighted by molar-refractivity contribution is 7.92. The van der Waals surface area contributed by atoms with Crippen LogP contribution in [0, 0.1) is 5.82 Å². The standard InChI is InChI=1S/C23H22FN3O4S2/c1-2-32(28,29)26-20-8-6-7-18(15-20)22-16-23(17-11-13-19(24)14-12-17)27(25-22)33(30,31)21-9-4-3-5-10-21/h3-15,23,26H,2,16H2,1H3/t23-/m0/s1. The van der Waals surface area contributed by atoms with Crippen molar-refractivity contribution in [3.8, 4) is 0 Å². The molecule has 1 heterocycles. The monoisotopic (exact) mass is 487 g/mol. The fourth-order valence-electron chi connectivity index (χ4n) is 3.53. The maximum absolute atomic E-state index is 13.5. The van der Waals surface area contributed by atoms with Crippen molar-refractivity contribution in [2.45, 2.75) is 24.3 Å². The quantitative estimate of drug-likeness (QED) is 0.542. The Bertz CT molecular complexity index is 1390. The Morgan fingerprint density at radius 1 is 0.970 bits per heavy atom. The van der Waals surface area contributed by atoms with Crippen molar-refractivity contribution in [1.29, 1.82) is 0 Å². The molecule has 3 aromatic carbocycles. The van der Waals surface area contributed by atoms with Gasteiger partial charge in [-0.05, 0) is 54.4 Å². The molecule has 0 aromatic heterocycles. The van der Waals surface area contributed by atoms with E-state index in [1.54, 1.807) is 42.5 Å². The Kier molecular flexibility index (Phi) is 6.22. The van der Waals surface area contributed by atoms with Crippen LogP contribution in [0.25, 0.3) is 0 Å². The highest BCUT2D eigenvalue weighted by Gasteiger charge is 2.37. The van der Waals surface area contributed by atoms with E-state index in [1.807, 2.05) is 0 Å². The Morgan fingerprint density at radius 2 is 1.67 bits per heavy atom. The molecule has 0 aliphatic carbocycles. The van der Waals surface area contributed by atoms with Crippen molar-refractivity contribution in [2.24, 2.45) is 5.10 Å². The molecule has 1 N–H and O–H groups in total. The molecule has 1 atom stereocenters. The molecule has 7 nitrogen and oxygen atoms in total. The van der Waals surface area contributed by atoms with Gasteiger partial charge in [0.1, 0.15) is 5.82 Å². The zero-order valence-corrected chi connectivity index (χ0v) is 19.4. The lowest BCUT2D eigenvalue weighted by Gasteiger charge is -2.23. The summed E-state index contributed by atoms with van der Waals surface area (Å²) < 4.78 is 67.8. The Balaban J connectivity index is 1.76. The average Bonchev–Trinajstić information content (AvgIpc) is 3.27. The number of hydrazone groups is 1. The molecule has 172 valence electrons. The zero-order valence-electron chi connectivity index (χ0n) is 17.7. The lowest BCUT2D eigenvalue weighted by atomic mass is 9.99. The van der Waals surface area contributed by atoms with E-state index in [-0.39, 0.29) is 17.1 Å². The third-order valence-corrected chi connectivity index (χ3v) is 8.27. The van der Waals surface area contributed by atoms with Gasteiger partial charge in [-0.1, -0.05) is 42.5 Å². The molecule has 0 bridgehead atoms. The smallest absolute Gasteiger partial charge is 0.279 e. The minimum absolute atomic E-state index is 0.0755. The number of benzene rings is 3. The first kappa shape index (κ1) is 22.9. The van der Waals surface area contributed by atoms with Crippen molar-refractivity contribution >= 4 is 31.4 Å². The molecule has 4 rings (SSSR count). The summed E-state index contributed by atoms with van der Waals surface area (Å²) in [6.07, 6.45) is 0.238. The molecule has 1 aliphatic rings. The third-order valence-electron chi connectivity index (χ3n) is 5.26. The summed E-state index contributed by atoms with van der Waals surface area (Å²) in [5, 5.41) is 4.44. The molecule has 0 saturated heterocycles. The lowest BCUT2D eigenvalue weighted by molar-refractivity contribution is 0.371. The molecule has 10 heteroatoms. The number of sulfonamides is 2. The minimum Gasteiger partial charge on any atom is -0.284 e. The summed E-state index contributed by atoms with van der Waals surface area (Å²) in [4.78, 5) is 0.0894. The van der Waals surface area contributed by atoms with Crippen LogP contribution in [0.2, 0.25) is 0 Å². The van der Waals surface area contributed by atoms with Crippen LogP contribution < -0.4 is 4.72 Å². The van der Waals surface area contributed by atoms with Gasteiger partial charge < -0.3 is 0 Å². The van der Waals surface area contributed by atoms with Crippen molar-refractivity contribution in [2.75, 3.05) is 10.5 Å². The van der Waals surface area contributed by atoms with Gasteiger partial charge >= 0.3 is 0 Å². The maximum atomic E-state index is 13.5. The van der Waals surface area contributed by atoms with Gasteiger partial charge in [-0.3, -0.25) is 4.72 Å².